The van der Waals surface area contributed by atoms with Crippen molar-refractivity contribution < 1.29 is 23.0 Å². The Bertz CT molecular complexity index is 1510. The second-order valence-corrected chi connectivity index (χ2v) is 8.13. The molecule has 0 unspecified atom stereocenters. The van der Waals surface area contributed by atoms with E-state index < -0.39 is 23.4 Å². The first-order valence-electron chi connectivity index (χ1n) is 11.3. The molecule has 194 valence electrons. The minimum Gasteiger partial charge on any atom is -0.463 e. The molecule has 4 aromatic rings. The first-order chi connectivity index (χ1) is 18.3. The van der Waals surface area contributed by atoms with Gasteiger partial charge in [-0.15, -0.1) is 0 Å². The van der Waals surface area contributed by atoms with Crippen LogP contribution in [0, 0.1) is 11.9 Å². The monoisotopic (exact) mass is 539 g/mol. The van der Waals surface area contributed by atoms with E-state index >= 15 is 0 Å². The summed E-state index contributed by atoms with van der Waals surface area (Å²) in [5.41, 5.74) is 0.634. The Kier molecular flexibility index (Phi) is 8.39. The summed E-state index contributed by atoms with van der Waals surface area (Å²) in [6.45, 7) is 2.09. The van der Waals surface area contributed by atoms with Gasteiger partial charge in [-0.2, -0.15) is 23.8 Å². The Hall–Kier alpha value is -4.64. The first-order valence-corrected chi connectivity index (χ1v) is 11.6. The lowest BCUT2D eigenvalue weighted by molar-refractivity contribution is -0.137. The molecule has 38 heavy (non-hydrogen) atoms. The molecule has 12 heteroatoms. The number of carbonyl (C=O) groups is 1. The molecule has 2 aromatic carbocycles. The van der Waals surface area contributed by atoms with Gasteiger partial charge in [-0.25, -0.2) is 9.48 Å². The predicted octanol–water partition coefficient (Wildman–Crippen LogP) is 5.13. The van der Waals surface area contributed by atoms with Crippen LogP contribution in [0.3, 0.4) is 0 Å². The van der Waals surface area contributed by atoms with Gasteiger partial charge in [-0.05, 0) is 55.0 Å². The average molecular weight is 540 g/mol. The summed E-state index contributed by atoms with van der Waals surface area (Å²) in [6.07, 6.45) is 2.35. The summed E-state index contributed by atoms with van der Waals surface area (Å²) < 4.78 is 38.4. The molecule has 0 spiro atoms. The quantitative estimate of drug-likeness (QED) is 0.177. The van der Waals surface area contributed by atoms with E-state index in [0.29, 0.717) is 16.5 Å². The van der Waals surface area contributed by atoms with Crippen LogP contribution in [0.25, 0.3) is 6.08 Å². The van der Waals surface area contributed by atoms with Crippen LogP contribution in [0.15, 0.2) is 71.5 Å². The molecule has 0 saturated heterocycles. The van der Waals surface area contributed by atoms with Gasteiger partial charge < -0.3 is 14.8 Å². The van der Waals surface area contributed by atoms with Crippen LogP contribution in [0.2, 0.25) is 5.02 Å². The molecule has 2 heterocycles. The fraction of sp³-hybridized carbons (Fsp3) is 0.115. The van der Waals surface area contributed by atoms with E-state index in [9.17, 15) is 18.4 Å². The second kappa shape index (κ2) is 12.1. The fourth-order valence-electron chi connectivity index (χ4n) is 3.21. The summed E-state index contributed by atoms with van der Waals surface area (Å²) in [4.78, 5) is 31.4. The van der Waals surface area contributed by atoms with Crippen LogP contribution in [0.4, 0.5) is 20.4 Å². The highest BCUT2D eigenvalue weighted by Gasteiger charge is 2.12. The number of anilines is 2. The van der Waals surface area contributed by atoms with Crippen LogP contribution in [-0.2, 0) is 16.1 Å². The molecule has 0 amide bonds. The van der Waals surface area contributed by atoms with Crippen molar-refractivity contribution in [3.8, 4) is 11.5 Å². The fourth-order valence-corrected chi connectivity index (χ4v) is 3.34. The lowest BCUT2D eigenvalue weighted by Crippen LogP contribution is -2.23. The highest BCUT2D eigenvalue weighted by atomic mass is 35.5. The van der Waals surface area contributed by atoms with Crippen LogP contribution >= 0.6 is 11.6 Å². The number of carbonyl (C=O) groups excluding carboxylic acids is 1. The van der Waals surface area contributed by atoms with Crippen molar-refractivity contribution in [2.45, 2.75) is 13.5 Å². The molecular formula is C26H20ClF2N5O4. The number of nitrogens with one attached hydrogen (secondary N) is 1. The number of hydrogen-bond donors (Lipinski definition) is 1. The van der Waals surface area contributed by atoms with Gasteiger partial charge in [-0.3, -0.25) is 4.79 Å². The Morgan fingerprint density at radius 2 is 1.71 bits per heavy atom. The van der Waals surface area contributed by atoms with Gasteiger partial charge in [-0.1, -0.05) is 23.7 Å². The Labute approximate surface area is 220 Å². The number of ether oxygens (including phenoxy) is 2. The zero-order valence-electron chi connectivity index (χ0n) is 19.9. The third kappa shape index (κ3) is 7.20. The molecule has 0 radical (unpaired) electrons. The standard InChI is InChI=1S/C26H20ClF2N5O4/c1-2-37-24(35)12-11-21-25(36)32-26(34(33-21)15-16-3-5-17(27)6-4-16)30-18-7-9-19(10-8-18)38-20-13-22(28)31-23(29)14-20/h3-14H,2,15H2,1H3,(H,30,32,36)/b12-11+. The van der Waals surface area contributed by atoms with Crippen molar-refractivity contribution in [1.29, 1.82) is 0 Å². The topological polar surface area (TPSA) is 108 Å². The number of esters is 1. The molecule has 0 fully saturated rings. The molecule has 0 aliphatic rings. The summed E-state index contributed by atoms with van der Waals surface area (Å²) in [5, 5.41) is 7.95. The van der Waals surface area contributed by atoms with E-state index in [1.54, 1.807) is 55.5 Å². The normalized spacial score (nSPS) is 10.9. The minimum absolute atomic E-state index is 0.0511. The zero-order valence-corrected chi connectivity index (χ0v) is 20.7. The molecule has 0 aliphatic heterocycles. The highest BCUT2D eigenvalue weighted by molar-refractivity contribution is 6.30. The van der Waals surface area contributed by atoms with Crippen molar-refractivity contribution in [3.05, 3.63) is 105 Å². The SMILES string of the molecule is CCOC(=O)/C=C/c1nn(Cc2ccc(Cl)cc2)c(Nc2ccc(Oc3cc(F)nc(F)c3)cc2)nc1=O. The van der Waals surface area contributed by atoms with Gasteiger partial charge in [0.2, 0.25) is 17.8 Å². The molecule has 9 nitrogen and oxygen atoms in total. The van der Waals surface area contributed by atoms with E-state index in [1.807, 2.05) is 0 Å². The lowest BCUT2D eigenvalue weighted by atomic mass is 10.2. The average Bonchev–Trinajstić information content (AvgIpc) is 2.87. The van der Waals surface area contributed by atoms with E-state index in [2.05, 4.69) is 20.4 Å². The predicted molar refractivity (Wildman–Crippen MR) is 136 cm³/mol. The van der Waals surface area contributed by atoms with Crippen molar-refractivity contribution in [1.82, 2.24) is 19.7 Å². The maximum absolute atomic E-state index is 13.3. The summed E-state index contributed by atoms with van der Waals surface area (Å²) in [7, 11) is 0. The van der Waals surface area contributed by atoms with Crippen LogP contribution in [-0.4, -0.2) is 32.3 Å². The van der Waals surface area contributed by atoms with Gasteiger partial charge in [0.25, 0.3) is 0 Å². The van der Waals surface area contributed by atoms with Crippen molar-refractivity contribution in [3.63, 3.8) is 0 Å². The molecule has 0 saturated carbocycles. The van der Waals surface area contributed by atoms with Crippen LogP contribution in [0.1, 0.15) is 18.2 Å². The van der Waals surface area contributed by atoms with Crippen molar-refractivity contribution in [2.75, 3.05) is 11.9 Å². The number of halogens is 3. The molecule has 2 aromatic heterocycles. The van der Waals surface area contributed by atoms with Gasteiger partial charge in [0.1, 0.15) is 11.5 Å². The number of hydrogen-bond acceptors (Lipinski definition) is 8. The van der Waals surface area contributed by atoms with E-state index in [-0.39, 0.29) is 30.5 Å². The van der Waals surface area contributed by atoms with Gasteiger partial charge >= 0.3 is 11.5 Å². The number of aromatic nitrogens is 4. The molecule has 0 atom stereocenters. The van der Waals surface area contributed by atoms with Crippen LogP contribution < -0.4 is 15.6 Å². The number of nitrogens with zero attached hydrogens (tertiary/aromatic N) is 4. The Balaban J connectivity index is 1.60. The highest BCUT2D eigenvalue weighted by Crippen LogP contribution is 2.25. The molecule has 4 rings (SSSR count). The minimum atomic E-state index is -1.00. The Morgan fingerprint density at radius 3 is 2.37 bits per heavy atom. The summed E-state index contributed by atoms with van der Waals surface area (Å²) >= 11 is 5.98. The number of rotatable bonds is 9. The first kappa shape index (κ1) is 26.4. The van der Waals surface area contributed by atoms with Crippen molar-refractivity contribution >= 4 is 35.3 Å². The third-order valence-corrected chi connectivity index (χ3v) is 5.14. The third-order valence-electron chi connectivity index (χ3n) is 4.89. The largest absolute Gasteiger partial charge is 0.463 e. The van der Waals surface area contributed by atoms with Gasteiger partial charge in [0.05, 0.1) is 13.2 Å². The van der Waals surface area contributed by atoms with E-state index in [4.69, 9.17) is 21.1 Å². The van der Waals surface area contributed by atoms with E-state index in [1.165, 1.54) is 10.8 Å². The van der Waals surface area contributed by atoms with E-state index in [0.717, 1.165) is 23.8 Å². The number of benzene rings is 2. The number of pyridine rings is 1. The zero-order chi connectivity index (χ0) is 27.1. The van der Waals surface area contributed by atoms with Gasteiger partial charge in [0, 0.05) is 28.9 Å². The molecule has 1 N–H and O–H groups in total. The lowest BCUT2D eigenvalue weighted by Gasteiger charge is -2.14. The second-order valence-electron chi connectivity index (χ2n) is 7.70. The summed E-state index contributed by atoms with van der Waals surface area (Å²) in [6, 6.07) is 15.3. The summed E-state index contributed by atoms with van der Waals surface area (Å²) in [5.74, 6) is -2.23. The molecule has 0 aliphatic carbocycles. The smallest absolute Gasteiger partial charge is 0.330 e. The molecular weight excluding hydrogens is 520 g/mol. The maximum Gasteiger partial charge on any atom is 0.330 e. The van der Waals surface area contributed by atoms with Gasteiger partial charge in [0.15, 0.2) is 5.69 Å². The Morgan fingerprint density at radius 1 is 1.03 bits per heavy atom. The van der Waals surface area contributed by atoms with Crippen molar-refractivity contribution in [2.24, 2.45) is 0 Å². The molecule has 0 bridgehead atoms. The maximum atomic E-state index is 13.3. The van der Waals surface area contributed by atoms with Crippen LogP contribution in [0.5, 0.6) is 11.5 Å².